The van der Waals surface area contributed by atoms with Crippen LogP contribution in [0.3, 0.4) is 0 Å². The molecular weight excluding hydrogens is 368 g/mol. The van der Waals surface area contributed by atoms with Crippen LogP contribution >= 0.6 is 0 Å². The van der Waals surface area contributed by atoms with Crippen LogP contribution in [0.4, 0.5) is 0 Å². The zero-order valence-electron chi connectivity index (χ0n) is 18.3. The highest BCUT2D eigenvalue weighted by Crippen LogP contribution is 2.68. The largest absolute Gasteiger partial charge is 0.481 e. The lowest BCUT2D eigenvalue weighted by atomic mass is 9.43. The second-order valence-corrected chi connectivity index (χ2v) is 11.5. The van der Waals surface area contributed by atoms with E-state index < -0.39 is 18.2 Å². The zero-order valence-corrected chi connectivity index (χ0v) is 18.3. The van der Waals surface area contributed by atoms with E-state index in [2.05, 4.69) is 20.8 Å². The number of hydrogen-bond acceptors (Lipinski definition) is 4. The van der Waals surface area contributed by atoms with Crippen LogP contribution in [0.1, 0.15) is 78.6 Å². The summed E-state index contributed by atoms with van der Waals surface area (Å²) in [5.41, 5.74) is 0.119. The molecule has 0 amide bonds. The van der Waals surface area contributed by atoms with Crippen LogP contribution in [0.5, 0.6) is 0 Å². The van der Waals surface area contributed by atoms with E-state index in [-0.39, 0.29) is 35.2 Å². The van der Waals surface area contributed by atoms with Gasteiger partial charge in [0.25, 0.3) is 0 Å². The quantitative estimate of drug-likeness (QED) is 0.571. The van der Waals surface area contributed by atoms with Crippen LogP contribution in [0.15, 0.2) is 0 Å². The van der Waals surface area contributed by atoms with E-state index in [1.54, 1.807) is 0 Å². The number of carboxylic acid groups (broad SMARTS) is 1. The zero-order chi connectivity index (χ0) is 21.1. The number of hydrogen-bond donors (Lipinski definition) is 4. The average Bonchev–Trinajstić information content (AvgIpc) is 3.02. The summed E-state index contributed by atoms with van der Waals surface area (Å²) in [7, 11) is 0. The topological polar surface area (TPSA) is 98.0 Å². The third-order valence-electron chi connectivity index (χ3n) is 10.3. The number of aliphatic hydroxyl groups is 3. The molecule has 2 unspecified atom stereocenters. The second-order valence-electron chi connectivity index (χ2n) is 11.5. The Bertz CT molecular complexity index is 637. The first kappa shape index (κ1) is 21.6. The van der Waals surface area contributed by atoms with Crippen molar-refractivity contribution in [3.8, 4) is 0 Å². The fourth-order valence-electron chi connectivity index (χ4n) is 8.77. The van der Waals surface area contributed by atoms with Gasteiger partial charge in [-0.25, -0.2) is 0 Å². The van der Waals surface area contributed by atoms with Gasteiger partial charge in [0, 0.05) is 6.42 Å². The minimum absolute atomic E-state index is 0.00309. The summed E-state index contributed by atoms with van der Waals surface area (Å²) in [5.74, 6) is 1.06. The van der Waals surface area contributed by atoms with Gasteiger partial charge < -0.3 is 20.4 Å². The average molecular weight is 409 g/mol. The van der Waals surface area contributed by atoms with Gasteiger partial charge in [-0.15, -0.1) is 0 Å². The standard InChI is InChI=1S/C24H40O5/c1-13(4-7-19(26)27)15-5-6-16-20-17(9-11-23(15,16)2)24(3)10-8-14(25)12-18(24)21(28)22(20)29/h13-18,20-22,25,28-29H,4-12H2,1-3H3,(H,26,27)/t13-,14-,15?,16+,17+,18+,20?,21-,22+,23-,24-/m1/s1. The molecule has 0 aromatic heterocycles. The molecule has 0 heterocycles. The van der Waals surface area contributed by atoms with Crippen molar-refractivity contribution >= 4 is 5.97 Å². The molecule has 0 aliphatic heterocycles. The van der Waals surface area contributed by atoms with E-state index in [0.29, 0.717) is 30.1 Å². The molecule has 4 rings (SSSR count). The SMILES string of the molecule is C[C@H](CCC(=O)O)C1CC[C@H]2C3[C@H](O)[C@H](O)[C@@H]4C[C@H](O)CC[C@]4(C)[C@H]3CC[C@]12C. The predicted octanol–water partition coefficient (Wildman–Crippen LogP) is 3.45. The van der Waals surface area contributed by atoms with Gasteiger partial charge in [-0.1, -0.05) is 20.8 Å². The van der Waals surface area contributed by atoms with Crippen molar-refractivity contribution in [3.63, 3.8) is 0 Å². The van der Waals surface area contributed by atoms with E-state index in [4.69, 9.17) is 5.11 Å². The first-order valence-electron chi connectivity index (χ1n) is 11.9. The molecule has 4 fully saturated rings. The Morgan fingerprint density at radius 1 is 0.931 bits per heavy atom. The highest BCUT2D eigenvalue weighted by atomic mass is 16.4. The molecule has 0 spiro atoms. The molecule has 5 nitrogen and oxygen atoms in total. The van der Waals surface area contributed by atoms with E-state index in [1.165, 1.54) is 0 Å². The van der Waals surface area contributed by atoms with Crippen LogP contribution < -0.4 is 0 Å². The normalized spacial score (nSPS) is 52.9. The second kappa shape index (κ2) is 7.49. The summed E-state index contributed by atoms with van der Waals surface area (Å²) >= 11 is 0. The van der Waals surface area contributed by atoms with Crippen LogP contribution in [0, 0.1) is 46.3 Å². The van der Waals surface area contributed by atoms with Gasteiger partial charge >= 0.3 is 5.97 Å². The summed E-state index contributed by atoms with van der Waals surface area (Å²) in [4.78, 5) is 11.1. The van der Waals surface area contributed by atoms with Crippen LogP contribution in [0.25, 0.3) is 0 Å². The number of aliphatic carboxylic acids is 1. The number of rotatable bonds is 4. The fraction of sp³-hybridized carbons (Fsp3) is 0.958. The molecule has 0 aromatic carbocycles. The summed E-state index contributed by atoms with van der Waals surface area (Å²) in [6.07, 6.45) is 5.87. The Balaban J connectivity index is 1.59. The van der Waals surface area contributed by atoms with E-state index >= 15 is 0 Å². The van der Waals surface area contributed by atoms with E-state index in [9.17, 15) is 20.1 Å². The maximum Gasteiger partial charge on any atom is 0.303 e. The smallest absolute Gasteiger partial charge is 0.303 e. The lowest BCUT2D eigenvalue weighted by Gasteiger charge is -2.63. The van der Waals surface area contributed by atoms with E-state index in [1.807, 2.05) is 0 Å². The van der Waals surface area contributed by atoms with Crippen LogP contribution in [0.2, 0.25) is 0 Å². The molecule has 4 aliphatic carbocycles. The lowest BCUT2D eigenvalue weighted by molar-refractivity contribution is -0.223. The molecular formula is C24H40O5. The molecule has 0 bridgehead atoms. The molecule has 11 atom stereocenters. The highest BCUT2D eigenvalue weighted by molar-refractivity contribution is 5.66. The molecule has 0 aromatic rings. The lowest BCUT2D eigenvalue weighted by Crippen LogP contribution is -2.64. The molecule has 0 saturated heterocycles. The molecule has 4 aliphatic rings. The molecule has 4 N–H and O–H groups in total. The summed E-state index contributed by atoms with van der Waals surface area (Å²) in [6.45, 7) is 6.89. The maximum absolute atomic E-state index is 11.3. The minimum Gasteiger partial charge on any atom is -0.481 e. The molecule has 5 heteroatoms. The summed E-state index contributed by atoms with van der Waals surface area (Å²) < 4.78 is 0. The Labute approximate surface area is 174 Å². The first-order valence-corrected chi connectivity index (χ1v) is 11.9. The Morgan fingerprint density at radius 2 is 1.59 bits per heavy atom. The highest BCUT2D eigenvalue weighted by Gasteiger charge is 2.65. The molecule has 29 heavy (non-hydrogen) atoms. The van der Waals surface area contributed by atoms with Crippen molar-refractivity contribution in [2.75, 3.05) is 0 Å². The van der Waals surface area contributed by atoms with Gasteiger partial charge in [-0.3, -0.25) is 4.79 Å². The number of carboxylic acids is 1. The van der Waals surface area contributed by atoms with Gasteiger partial charge in [0.15, 0.2) is 0 Å². The Kier molecular flexibility index (Phi) is 5.57. The van der Waals surface area contributed by atoms with Gasteiger partial charge in [-0.2, -0.15) is 0 Å². The van der Waals surface area contributed by atoms with Crippen molar-refractivity contribution in [1.29, 1.82) is 0 Å². The first-order chi connectivity index (χ1) is 13.6. The number of fused-ring (bicyclic) bond motifs is 5. The predicted molar refractivity (Wildman–Crippen MR) is 110 cm³/mol. The fourth-order valence-corrected chi connectivity index (χ4v) is 8.77. The maximum atomic E-state index is 11.3. The minimum atomic E-state index is -0.748. The number of carbonyl (C=O) groups is 1. The van der Waals surface area contributed by atoms with Crippen LogP contribution in [-0.2, 0) is 4.79 Å². The van der Waals surface area contributed by atoms with Crippen molar-refractivity contribution < 1.29 is 25.2 Å². The third-order valence-corrected chi connectivity index (χ3v) is 10.3. The third kappa shape index (κ3) is 3.27. The van der Waals surface area contributed by atoms with Crippen molar-refractivity contribution in [3.05, 3.63) is 0 Å². The summed E-state index contributed by atoms with van der Waals surface area (Å²) in [6, 6.07) is 0. The Hall–Kier alpha value is -0.650. The Morgan fingerprint density at radius 3 is 2.28 bits per heavy atom. The van der Waals surface area contributed by atoms with Crippen molar-refractivity contribution in [2.45, 2.75) is 96.9 Å². The van der Waals surface area contributed by atoms with E-state index in [0.717, 1.165) is 44.9 Å². The van der Waals surface area contributed by atoms with Crippen molar-refractivity contribution in [1.82, 2.24) is 0 Å². The van der Waals surface area contributed by atoms with Gasteiger partial charge in [-0.05, 0) is 97.7 Å². The molecule has 4 saturated carbocycles. The molecule has 166 valence electrons. The van der Waals surface area contributed by atoms with Gasteiger partial charge in [0.2, 0.25) is 0 Å². The summed E-state index contributed by atoms with van der Waals surface area (Å²) in [5, 5.41) is 41.7. The van der Waals surface area contributed by atoms with Gasteiger partial charge in [0.1, 0.15) is 0 Å². The number of aliphatic hydroxyl groups excluding tert-OH is 3. The van der Waals surface area contributed by atoms with Crippen molar-refractivity contribution in [2.24, 2.45) is 46.3 Å². The van der Waals surface area contributed by atoms with Crippen LogP contribution in [-0.4, -0.2) is 44.7 Å². The molecule has 0 radical (unpaired) electrons. The monoisotopic (exact) mass is 408 g/mol. The van der Waals surface area contributed by atoms with Gasteiger partial charge in [0.05, 0.1) is 18.3 Å².